The van der Waals surface area contributed by atoms with E-state index in [9.17, 15) is 9.59 Å². The molecule has 1 atom stereocenters. The fourth-order valence-electron chi connectivity index (χ4n) is 4.11. The number of carbonyl (C=O) groups excluding carboxylic acids is 2. The fourth-order valence-corrected chi connectivity index (χ4v) is 5.62. The van der Waals surface area contributed by atoms with Gasteiger partial charge in [-0.25, -0.2) is 0 Å². The summed E-state index contributed by atoms with van der Waals surface area (Å²) in [5.41, 5.74) is 2.51. The van der Waals surface area contributed by atoms with Gasteiger partial charge in [-0.1, -0.05) is 38.4 Å². The molecule has 0 radical (unpaired) electrons. The maximum atomic E-state index is 13.4. The van der Waals surface area contributed by atoms with Crippen molar-refractivity contribution in [2.75, 3.05) is 18.4 Å². The van der Waals surface area contributed by atoms with E-state index in [-0.39, 0.29) is 17.2 Å². The average molecular weight is 447 g/mol. The standard InChI is InChI=1S/C24H31ClN2O2S/c1-6-27(7-2)23(29)20-18-12-11-16(24(3,4)5)14-19(18)30-22(20)26-21(28)15-9-8-10-17(25)13-15/h8-10,13,16H,6-7,11-12,14H2,1-5H3,(H,26,28). The number of fused-ring (bicyclic) bond motifs is 1. The van der Waals surface area contributed by atoms with Gasteiger partial charge < -0.3 is 10.2 Å². The van der Waals surface area contributed by atoms with Crippen LogP contribution in [0.2, 0.25) is 5.02 Å². The van der Waals surface area contributed by atoms with Crippen LogP contribution in [0.5, 0.6) is 0 Å². The Bertz CT molecular complexity index is 941. The van der Waals surface area contributed by atoms with E-state index in [0.717, 1.165) is 24.8 Å². The second-order valence-corrected chi connectivity index (χ2v) is 10.5. The van der Waals surface area contributed by atoms with Crippen LogP contribution < -0.4 is 5.32 Å². The first-order chi connectivity index (χ1) is 14.2. The van der Waals surface area contributed by atoms with Crippen molar-refractivity contribution in [2.45, 2.75) is 53.9 Å². The van der Waals surface area contributed by atoms with E-state index in [1.54, 1.807) is 35.6 Å². The number of carbonyl (C=O) groups is 2. The molecule has 4 nitrogen and oxygen atoms in total. The van der Waals surface area contributed by atoms with Gasteiger partial charge in [-0.3, -0.25) is 9.59 Å². The molecule has 3 rings (SSSR count). The zero-order chi connectivity index (χ0) is 22.1. The van der Waals surface area contributed by atoms with E-state index in [2.05, 4.69) is 26.1 Å². The molecule has 1 N–H and O–H groups in total. The molecule has 6 heteroatoms. The van der Waals surface area contributed by atoms with Crippen LogP contribution in [0.3, 0.4) is 0 Å². The summed E-state index contributed by atoms with van der Waals surface area (Å²) in [5, 5.41) is 4.20. The van der Waals surface area contributed by atoms with Gasteiger partial charge in [0.25, 0.3) is 11.8 Å². The van der Waals surface area contributed by atoms with Crippen LogP contribution in [0.25, 0.3) is 0 Å². The van der Waals surface area contributed by atoms with Gasteiger partial charge in [0.2, 0.25) is 0 Å². The summed E-state index contributed by atoms with van der Waals surface area (Å²) in [5.74, 6) is 0.335. The van der Waals surface area contributed by atoms with Crippen LogP contribution in [0.1, 0.15) is 72.2 Å². The lowest BCUT2D eigenvalue weighted by Crippen LogP contribution is -2.32. The first kappa shape index (κ1) is 22.8. The van der Waals surface area contributed by atoms with Crippen LogP contribution in [-0.4, -0.2) is 29.8 Å². The van der Waals surface area contributed by atoms with Crippen LogP contribution in [0.15, 0.2) is 24.3 Å². The molecule has 0 fully saturated rings. The van der Waals surface area contributed by atoms with Crippen molar-refractivity contribution in [1.82, 2.24) is 4.90 Å². The number of rotatable bonds is 5. The predicted octanol–water partition coefficient (Wildman–Crippen LogP) is 6.29. The number of hydrogen-bond donors (Lipinski definition) is 1. The largest absolute Gasteiger partial charge is 0.339 e. The third-order valence-corrected chi connectivity index (χ3v) is 7.47. The molecule has 2 amide bonds. The molecule has 1 aromatic heterocycles. The second kappa shape index (κ2) is 9.11. The van der Waals surface area contributed by atoms with Gasteiger partial charge in [0.1, 0.15) is 5.00 Å². The maximum absolute atomic E-state index is 13.4. The number of anilines is 1. The van der Waals surface area contributed by atoms with E-state index < -0.39 is 0 Å². The number of nitrogens with one attached hydrogen (secondary N) is 1. The minimum absolute atomic E-state index is 0.00750. The number of hydrogen-bond acceptors (Lipinski definition) is 3. The normalized spacial score (nSPS) is 16.1. The lowest BCUT2D eigenvalue weighted by atomic mass is 9.72. The Labute approximate surface area is 188 Å². The van der Waals surface area contributed by atoms with Crippen molar-refractivity contribution in [3.8, 4) is 0 Å². The highest BCUT2D eigenvalue weighted by molar-refractivity contribution is 7.17. The van der Waals surface area contributed by atoms with Gasteiger partial charge in [-0.2, -0.15) is 0 Å². The summed E-state index contributed by atoms with van der Waals surface area (Å²) in [6.45, 7) is 12.1. The lowest BCUT2D eigenvalue weighted by molar-refractivity contribution is 0.0772. The average Bonchev–Trinajstić information content (AvgIpc) is 3.05. The van der Waals surface area contributed by atoms with Gasteiger partial charge >= 0.3 is 0 Å². The fraction of sp³-hybridized carbons (Fsp3) is 0.500. The first-order valence-corrected chi connectivity index (χ1v) is 11.9. The molecule has 0 bridgehead atoms. The molecule has 1 aliphatic carbocycles. The summed E-state index contributed by atoms with van der Waals surface area (Å²) < 4.78 is 0. The third kappa shape index (κ3) is 4.73. The summed E-state index contributed by atoms with van der Waals surface area (Å²) >= 11 is 7.62. The minimum atomic E-state index is -0.239. The maximum Gasteiger partial charge on any atom is 0.257 e. The van der Waals surface area contributed by atoms with Crippen molar-refractivity contribution in [3.05, 3.63) is 50.9 Å². The number of nitrogens with zero attached hydrogens (tertiary/aromatic N) is 1. The van der Waals surface area contributed by atoms with Crippen LogP contribution in [0.4, 0.5) is 5.00 Å². The lowest BCUT2D eigenvalue weighted by Gasteiger charge is -2.34. The topological polar surface area (TPSA) is 49.4 Å². The van der Waals surface area contributed by atoms with E-state index in [1.165, 1.54) is 4.88 Å². The highest BCUT2D eigenvalue weighted by atomic mass is 35.5. The molecule has 1 heterocycles. The molecule has 0 spiro atoms. The molecule has 162 valence electrons. The first-order valence-electron chi connectivity index (χ1n) is 10.7. The van der Waals surface area contributed by atoms with Crippen molar-refractivity contribution in [2.24, 2.45) is 11.3 Å². The second-order valence-electron chi connectivity index (χ2n) is 8.96. The molecule has 0 saturated heterocycles. The summed E-state index contributed by atoms with van der Waals surface area (Å²) in [6.07, 6.45) is 2.89. The molecular formula is C24H31ClN2O2S. The molecule has 0 aliphatic heterocycles. The quantitative estimate of drug-likeness (QED) is 0.586. The Morgan fingerprint density at radius 3 is 2.53 bits per heavy atom. The van der Waals surface area contributed by atoms with Gasteiger partial charge in [-0.05, 0) is 68.2 Å². The third-order valence-electron chi connectivity index (χ3n) is 6.07. The predicted molar refractivity (Wildman–Crippen MR) is 126 cm³/mol. The number of halogens is 1. The Hall–Kier alpha value is -1.85. The summed E-state index contributed by atoms with van der Waals surface area (Å²) in [6, 6.07) is 6.87. The van der Waals surface area contributed by atoms with Crippen molar-refractivity contribution in [1.29, 1.82) is 0 Å². The molecule has 2 aromatic rings. The Balaban J connectivity index is 2.00. The van der Waals surface area contributed by atoms with Crippen LogP contribution >= 0.6 is 22.9 Å². The van der Waals surface area contributed by atoms with E-state index in [0.29, 0.717) is 40.2 Å². The highest BCUT2D eigenvalue weighted by Crippen LogP contribution is 2.44. The zero-order valence-electron chi connectivity index (χ0n) is 18.5. The summed E-state index contributed by atoms with van der Waals surface area (Å²) in [4.78, 5) is 29.3. The van der Waals surface area contributed by atoms with Gasteiger partial charge in [0.15, 0.2) is 0 Å². The van der Waals surface area contributed by atoms with Crippen molar-refractivity contribution >= 4 is 39.8 Å². The molecule has 30 heavy (non-hydrogen) atoms. The molecule has 1 unspecified atom stereocenters. The van der Waals surface area contributed by atoms with Gasteiger partial charge in [-0.15, -0.1) is 11.3 Å². The Kier molecular flexibility index (Phi) is 6.93. The number of amides is 2. The summed E-state index contributed by atoms with van der Waals surface area (Å²) in [7, 11) is 0. The molecule has 0 saturated carbocycles. The van der Waals surface area contributed by atoms with Crippen molar-refractivity contribution < 1.29 is 9.59 Å². The highest BCUT2D eigenvalue weighted by Gasteiger charge is 2.35. The molecule has 1 aliphatic rings. The smallest absolute Gasteiger partial charge is 0.257 e. The minimum Gasteiger partial charge on any atom is -0.339 e. The monoisotopic (exact) mass is 446 g/mol. The molecular weight excluding hydrogens is 416 g/mol. The van der Waals surface area contributed by atoms with Crippen LogP contribution in [0, 0.1) is 11.3 Å². The molecule has 1 aromatic carbocycles. The van der Waals surface area contributed by atoms with Gasteiger partial charge in [0.05, 0.1) is 5.56 Å². The van der Waals surface area contributed by atoms with Crippen molar-refractivity contribution in [3.63, 3.8) is 0 Å². The van der Waals surface area contributed by atoms with E-state index in [4.69, 9.17) is 11.6 Å². The zero-order valence-corrected chi connectivity index (χ0v) is 20.0. The number of benzene rings is 1. The number of thiophene rings is 1. The Morgan fingerprint density at radius 2 is 1.93 bits per heavy atom. The van der Waals surface area contributed by atoms with E-state index in [1.807, 2.05) is 18.7 Å². The van der Waals surface area contributed by atoms with E-state index >= 15 is 0 Å². The SMILES string of the molecule is CCN(CC)C(=O)c1c(NC(=O)c2cccc(Cl)c2)sc2c1CCC(C(C)(C)C)C2. The van der Waals surface area contributed by atoms with Gasteiger partial charge in [0, 0.05) is 28.6 Å². The Morgan fingerprint density at radius 1 is 1.23 bits per heavy atom. The van der Waals surface area contributed by atoms with Crippen LogP contribution in [-0.2, 0) is 12.8 Å².